The number of hydrogen-bond acceptors (Lipinski definition) is 28. The fraction of sp³-hybridized carbons (Fsp3) is 0.862. The van der Waals surface area contributed by atoms with Gasteiger partial charge < -0.3 is 116 Å². The molecule has 0 spiro atoms. The van der Waals surface area contributed by atoms with Crippen molar-refractivity contribution in [2.75, 3.05) is 72.4 Å². The van der Waals surface area contributed by atoms with Crippen molar-refractivity contribution >= 4 is 47.2 Å². The molecule has 0 aromatic carbocycles. The van der Waals surface area contributed by atoms with Crippen LogP contribution in [0.4, 0.5) is 0 Å². The molecule has 0 aromatic heterocycles. The molecule has 17 atom stereocenters. The SMILES string of the molecule is CCCCCCCCCCCCCC(=O)N[C@@H](CCC(=O)ON1C(=O)CCC1=O)C(=O)CCCCC[C@@H](C(=O)NCCO[C@H]1O[C@H](CO)[C@@H](O)[C@H](O)[C@@H]1O)N(CC(=O)NCCO[C@H]1O[C@H](CO)[C@@H](O)[C@H](O)[C@@H]1O)CC(=O)NCCO[C@H]1O[C@H](CO)[C@@H](O)[C@H](O)[C@@H]1O. The number of nitrogens with zero attached hydrogens (tertiary/aromatic N) is 2. The first-order valence-corrected chi connectivity index (χ1v) is 31.8. The molecule has 4 fully saturated rings. The minimum atomic E-state index is -1.77. The van der Waals surface area contributed by atoms with E-state index >= 15 is 0 Å². The van der Waals surface area contributed by atoms with E-state index in [1.165, 1.54) is 37.0 Å². The number of rotatable bonds is 45. The molecule has 0 unspecified atom stereocenters. The maximum atomic E-state index is 14.4. The lowest BCUT2D eigenvalue weighted by atomic mass is 9.99. The highest BCUT2D eigenvalue weighted by Crippen LogP contribution is 2.25. The van der Waals surface area contributed by atoms with Crippen molar-refractivity contribution in [1.82, 2.24) is 31.2 Å². The number of ketones is 1. The Morgan fingerprint density at radius 2 is 0.890 bits per heavy atom. The number of unbranched alkanes of at least 4 members (excludes halogenated alkanes) is 12. The summed E-state index contributed by atoms with van der Waals surface area (Å²) >= 11 is 0. The fourth-order valence-corrected chi connectivity index (χ4v) is 10.6. The van der Waals surface area contributed by atoms with Gasteiger partial charge in [0.15, 0.2) is 24.7 Å². The van der Waals surface area contributed by atoms with E-state index in [1.54, 1.807) is 0 Å². The molecule has 0 aromatic rings. The van der Waals surface area contributed by atoms with Crippen molar-refractivity contribution in [2.45, 2.75) is 246 Å². The summed E-state index contributed by atoms with van der Waals surface area (Å²) in [5, 5.41) is 132. The van der Waals surface area contributed by atoms with Crippen LogP contribution in [0.25, 0.3) is 0 Å². The number of carbonyl (C=O) groups is 8. The van der Waals surface area contributed by atoms with Gasteiger partial charge in [-0.25, -0.2) is 4.79 Å². The number of imide groups is 1. The predicted molar refractivity (Wildman–Crippen MR) is 311 cm³/mol. The highest BCUT2D eigenvalue weighted by atomic mass is 16.7. The van der Waals surface area contributed by atoms with E-state index in [1.807, 2.05) is 0 Å². The molecule has 91 heavy (non-hydrogen) atoms. The van der Waals surface area contributed by atoms with Crippen LogP contribution in [-0.4, -0.2) is 295 Å². The van der Waals surface area contributed by atoms with Gasteiger partial charge in [0.05, 0.1) is 71.2 Å². The monoisotopic (exact) mass is 1310 g/mol. The van der Waals surface area contributed by atoms with Crippen molar-refractivity contribution in [3.8, 4) is 0 Å². The van der Waals surface area contributed by atoms with Crippen LogP contribution < -0.4 is 21.3 Å². The molecule has 4 rings (SSSR count). The number of aliphatic hydroxyl groups excluding tert-OH is 12. The van der Waals surface area contributed by atoms with Crippen LogP contribution in [0.5, 0.6) is 0 Å². The minimum absolute atomic E-state index is 0.104. The number of amides is 6. The molecular formula is C58H100N6O27. The molecule has 6 amide bonds. The van der Waals surface area contributed by atoms with Crippen molar-refractivity contribution in [1.29, 1.82) is 0 Å². The number of nitrogens with one attached hydrogen (secondary N) is 4. The third kappa shape index (κ3) is 26.6. The molecule has 0 radical (unpaired) electrons. The maximum Gasteiger partial charge on any atom is 0.333 e. The predicted octanol–water partition coefficient (Wildman–Crippen LogP) is -5.45. The van der Waals surface area contributed by atoms with E-state index in [9.17, 15) is 99.6 Å². The first-order valence-electron chi connectivity index (χ1n) is 31.8. The Labute approximate surface area is 528 Å². The lowest BCUT2D eigenvalue weighted by molar-refractivity contribution is -0.300. The Morgan fingerprint density at radius 3 is 1.32 bits per heavy atom. The zero-order chi connectivity index (χ0) is 67.0. The second-order valence-electron chi connectivity index (χ2n) is 23.2. The van der Waals surface area contributed by atoms with Gasteiger partial charge in [-0.2, -0.15) is 0 Å². The Hall–Kier alpha value is -4.60. The van der Waals surface area contributed by atoms with E-state index in [4.69, 9.17) is 33.3 Å². The van der Waals surface area contributed by atoms with Gasteiger partial charge in [0, 0.05) is 45.3 Å². The van der Waals surface area contributed by atoms with Crippen LogP contribution in [0.15, 0.2) is 0 Å². The molecule has 524 valence electrons. The largest absolute Gasteiger partial charge is 0.394 e. The average molecular weight is 1310 g/mol. The molecule has 16 N–H and O–H groups in total. The second kappa shape index (κ2) is 42.7. The van der Waals surface area contributed by atoms with Crippen LogP contribution in [0.1, 0.15) is 142 Å². The zero-order valence-corrected chi connectivity index (χ0v) is 51.8. The number of aliphatic hydroxyl groups is 12. The van der Waals surface area contributed by atoms with Gasteiger partial charge in [0.1, 0.15) is 73.2 Å². The van der Waals surface area contributed by atoms with Crippen molar-refractivity contribution in [2.24, 2.45) is 0 Å². The van der Waals surface area contributed by atoms with Crippen LogP contribution in [0.2, 0.25) is 0 Å². The van der Waals surface area contributed by atoms with Gasteiger partial charge in [-0.15, -0.1) is 5.06 Å². The quantitative estimate of drug-likeness (QED) is 0.0200. The molecule has 0 aliphatic carbocycles. The van der Waals surface area contributed by atoms with Gasteiger partial charge in [-0.1, -0.05) is 84.0 Å². The van der Waals surface area contributed by atoms with Crippen LogP contribution in [0.3, 0.4) is 0 Å². The Bertz CT molecular complexity index is 2130. The standard InChI is InChI=1S/C58H100N6O27/c1-2-3-4-5-6-7-8-9-10-11-15-18-40(69)62-34(19-22-45(74)91-64-43(72)20-21-44(64)73)36(68)17-14-12-13-16-35(55(84)61-25-28-87-58-54(83)51(80)48(77)39(33-67)90-58)63(29-41(70)59-23-26-85-56-52(81)49(78)46(75)37(31-65)88-56)30-42(71)60-24-27-86-57-53(82)50(79)47(76)38(32-66)89-57/h34-35,37-39,46-54,56-58,65-67,75-83H,2-33H2,1H3,(H,59,70)(H,60,71)(H,61,84)(H,62,69)/t34-,35-,37+,38+,39+,46+,47+,48+,49-,50-,51-,52-,53-,54-,56-,57-,58-/m0/s1. The van der Waals surface area contributed by atoms with Crippen LogP contribution in [-0.2, 0) is 71.6 Å². The van der Waals surface area contributed by atoms with Crippen molar-refractivity contribution < 1.29 is 133 Å². The Morgan fingerprint density at radius 1 is 0.495 bits per heavy atom. The molecule has 33 nitrogen and oxygen atoms in total. The highest BCUT2D eigenvalue weighted by Gasteiger charge is 2.47. The molecule has 4 saturated heterocycles. The highest BCUT2D eigenvalue weighted by molar-refractivity contribution is 6.01. The van der Waals surface area contributed by atoms with Gasteiger partial charge in [0.25, 0.3) is 11.8 Å². The first kappa shape index (κ1) is 78.8. The number of Topliss-reactive ketones (excluding diaryl/α,β-unsaturated/α-hetero) is 1. The topological polar surface area (TPSA) is 499 Å². The summed E-state index contributed by atoms with van der Waals surface area (Å²) in [7, 11) is 0. The molecule has 4 aliphatic rings. The third-order valence-corrected chi connectivity index (χ3v) is 16.0. The minimum Gasteiger partial charge on any atom is -0.394 e. The van der Waals surface area contributed by atoms with Crippen LogP contribution >= 0.6 is 0 Å². The molecule has 33 heteroatoms. The number of carbonyl (C=O) groups excluding carboxylic acids is 8. The Balaban J connectivity index is 1.47. The van der Waals surface area contributed by atoms with Gasteiger partial charge >= 0.3 is 5.97 Å². The summed E-state index contributed by atoms with van der Waals surface area (Å²) in [6, 6.07) is -2.52. The van der Waals surface area contributed by atoms with E-state index in [0.717, 1.165) is 32.1 Å². The number of hydrogen-bond donors (Lipinski definition) is 16. The first-order chi connectivity index (χ1) is 43.6. The summed E-state index contributed by atoms with van der Waals surface area (Å²) in [5.74, 6) is -5.60. The lowest BCUT2D eigenvalue weighted by Crippen LogP contribution is -2.59. The summed E-state index contributed by atoms with van der Waals surface area (Å²) in [5.41, 5.74) is 0. The summed E-state index contributed by atoms with van der Waals surface area (Å²) in [6.45, 7) is -3.40. The maximum absolute atomic E-state index is 14.4. The second-order valence-corrected chi connectivity index (χ2v) is 23.2. The number of ether oxygens (including phenoxy) is 6. The summed E-state index contributed by atoms with van der Waals surface area (Å²) < 4.78 is 32.6. The third-order valence-electron chi connectivity index (χ3n) is 16.0. The van der Waals surface area contributed by atoms with E-state index in [-0.39, 0.29) is 90.6 Å². The lowest BCUT2D eigenvalue weighted by Gasteiger charge is -2.39. The number of hydroxylamine groups is 2. The molecular weight excluding hydrogens is 1210 g/mol. The molecule has 4 heterocycles. The van der Waals surface area contributed by atoms with Gasteiger partial charge in [-0.3, -0.25) is 38.5 Å². The van der Waals surface area contributed by atoms with E-state index in [0.29, 0.717) is 11.5 Å². The van der Waals surface area contributed by atoms with Crippen LogP contribution in [0, 0.1) is 0 Å². The molecule has 0 saturated carbocycles. The van der Waals surface area contributed by atoms with E-state index < -0.39 is 197 Å². The zero-order valence-electron chi connectivity index (χ0n) is 51.8. The van der Waals surface area contributed by atoms with Gasteiger partial charge in [-0.05, 0) is 25.7 Å². The average Bonchev–Trinajstić information content (AvgIpc) is 1.96. The smallest absolute Gasteiger partial charge is 0.333 e. The van der Waals surface area contributed by atoms with Crippen molar-refractivity contribution in [3.05, 3.63) is 0 Å². The Kier molecular flexibility index (Phi) is 37.0. The summed E-state index contributed by atoms with van der Waals surface area (Å²) in [4.78, 5) is 112. The van der Waals surface area contributed by atoms with E-state index in [2.05, 4.69) is 28.2 Å². The molecule has 4 aliphatic heterocycles. The fourth-order valence-electron chi connectivity index (χ4n) is 10.6. The normalized spacial score (nSPS) is 28.4. The van der Waals surface area contributed by atoms with Crippen molar-refractivity contribution in [3.63, 3.8) is 0 Å². The summed E-state index contributed by atoms with van der Waals surface area (Å²) in [6.07, 6.45) is -13.0. The van der Waals surface area contributed by atoms with Gasteiger partial charge in [0.2, 0.25) is 23.6 Å². The molecule has 0 bridgehead atoms.